The lowest BCUT2D eigenvalue weighted by Crippen LogP contribution is -2.31. The van der Waals surface area contributed by atoms with E-state index in [1.165, 1.54) is 5.56 Å². The summed E-state index contributed by atoms with van der Waals surface area (Å²) in [5.41, 5.74) is 2.59. The van der Waals surface area contributed by atoms with E-state index in [9.17, 15) is 4.79 Å². The molecule has 1 aliphatic heterocycles. The maximum absolute atomic E-state index is 12.4. The van der Waals surface area contributed by atoms with Crippen LogP contribution < -0.4 is 10.6 Å². The summed E-state index contributed by atoms with van der Waals surface area (Å²) in [6, 6.07) is 8.35. The molecule has 3 nitrogen and oxygen atoms in total. The molecule has 2 aliphatic rings. The van der Waals surface area contributed by atoms with E-state index in [1.807, 2.05) is 12.1 Å². The van der Waals surface area contributed by atoms with Crippen LogP contribution >= 0.6 is 0 Å². The maximum Gasteiger partial charge on any atom is 0.228 e. The highest BCUT2D eigenvalue weighted by Crippen LogP contribution is 2.58. The van der Waals surface area contributed by atoms with Crippen molar-refractivity contribution in [1.82, 2.24) is 5.32 Å². The third-order valence-electron chi connectivity index (χ3n) is 5.47. The van der Waals surface area contributed by atoms with Gasteiger partial charge in [-0.1, -0.05) is 26.0 Å². The van der Waals surface area contributed by atoms with E-state index in [1.54, 1.807) is 0 Å². The van der Waals surface area contributed by atoms with Gasteiger partial charge in [0.2, 0.25) is 5.91 Å². The number of benzene rings is 1. The van der Waals surface area contributed by atoms with E-state index < -0.39 is 0 Å². The minimum Gasteiger partial charge on any atom is -0.326 e. The van der Waals surface area contributed by atoms with Gasteiger partial charge in [-0.25, -0.2) is 0 Å². The standard InChI is InChI=1S/C18H26N2O/c1-3-13(2)14-4-6-15(7-5-14)20-17(21)16-12-18(16)8-10-19-11-9-18/h4-7,13,16,19H,3,8-12H2,1-2H3,(H,20,21). The lowest BCUT2D eigenvalue weighted by Gasteiger charge is -2.23. The van der Waals surface area contributed by atoms with Gasteiger partial charge in [-0.2, -0.15) is 0 Å². The molecule has 1 saturated heterocycles. The summed E-state index contributed by atoms with van der Waals surface area (Å²) in [6.07, 6.45) is 4.52. The van der Waals surface area contributed by atoms with E-state index >= 15 is 0 Å². The zero-order chi connectivity index (χ0) is 14.9. The van der Waals surface area contributed by atoms with Crippen molar-refractivity contribution in [3.05, 3.63) is 29.8 Å². The second-order valence-corrected chi connectivity index (χ2v) is 6.79. The Labute approximate surface area is 127 Å². The Morgan fingerprint density at radius 2 is 2.00 bits per heavy atom. The van der Waals surface area contributed by atoms with E-state index in [-0.39, 0.29) is 11.8 Å². The van der Waals surface area contributed by atoms with Crippen LogP contribution in [0.2, 0.25) is 0 Å². The largest absolute Gasteiger partial charge is 0.326 e. The van der Waals surface area contributed by atoms with Gasteiger partial charge in [0.05, 0.1) is 0 Å². The van der Waals surface area contributed by atoms with Crippen LogP contribution in [0.25, 0.3) is 0 Å². The first-order valence-corrected chi connectivity index (χ1v) is 8.26. The molecule has 3 heteroatoms. The molecule has 2 unspecified atom stereocenters. The summed E-state index contributed by atoms with van der Waals surface area (Å²) in [7, 11) is 0. The van der Waals surface area contributed by atoms with Crippen molar-refractivity contribution >= 4 is 11.6 Å². The first-order valence-electron chi connectivity index (χ1n) is 8.26. The lowest BCUT2D eigenvalue weighted by molar-refractivity contribution is -0.118. The predicted molar refractivity (Wildman–Crippen MR) is 86.4 cm³/mol. The van der Waals surface area contributed by atoms with Gasteiger partial charge in [0.15, 0.2) is 0 Å². The van der Waals surface area contributed by atoms with E-state index in [4.69, 9.17) is 0 Å². The normalized spacial score (nSPS) is 24.6. The monoisotopic (exact) mass is 286 g/mol. The fourth-order valence-corrected chi connectivity index (χ4v) is 3.56. The molecule has 1 aromatic carbocycles. The molecule has 1 spiro atoms. The fourth-order valence-electron chi connectivity index (χ4n) is 3.56. The first kappa shape index (κ1) is 14.6. The second-order valence-electron chi connectivity index (χ2n) is 6.79. The molecule has 21 heavy (non-hydrogen) atoms. The number of rotatable bonds is 4. The third kappa shape index (κ3) is 2.98. The Morgan fingerprint density at radius 3 is 2.62 bits per heavy atom. The smallest absolute Gasteiger partial charge is 0.228 e. The Kier molecular flexibility index (Phi) is 4.03. The molecular formula is C18H26N2O. The van der Waals surface area contributed by atoms with Crippen molar-refractivity contribution in [3.63, 3.8) is 0 Å². The molecule has 3 rings (SSSR count). The van der Waals surface area contributed by atoms with Crippen LogP contribution in [0.15, 0.2) is 24.3 Å². The van der Waals surface area contributed by atoms with Gasteiger partial charge in [0.1, 0.15) is 0 Å². The molecule has 0 aromatic heterocycles. The van der Waals surface area contributed by atoms with Crippen LogP contribution in [0.4, 0.5) is 5.69 Å². The van der Waals surface area contributed by atoms with Crippen LogP contribution in [-0.2, 0) is 4.79 Å². The Morgan fingerprint density at radius 1 is 1.33 bits per heavy atom. The van der Waals surface area contributed by atoms with Gasteiger partial charge in [-0.05, 0) is 67.8 Å². The second kappa shape index (κ2) is 5.80. The molecule has 2 fully saturated rings. The van der Waals surface area contributed by atoms with Gasteiger partial charge >= 0.3 is 0 Å². The molecular weight excluding hydrogens is 260 g/mol. The summed E-state index contributed by atoms with van der Waals surface area (Å²) in [4.78, 5) is 12.4. The molecule has 0 radical (unpaired) electrons. The zero-order valence-corrected chi connectivity index (χ0v) is 13.1. The van der Waals surface area contributed by atoms with Crippen LogP contribution in [0.1, 0.15) is 51.0 Å². The van der Waals surface area contributed by atoms with Crippen molar-refractivity contribution in [2.24, 2.45) is 11.3 Å². The van der Waals surface area contributed by atoms with Crippen molar-refractivity contribution in [2.45, 2.75) is 45.4 Å². The molecule has 1 saturated carbocycles. The maximum atomic E-state index is 12.4. The molecule has 2 N–H and O–H groups in total. The number of piperidine rings is 1. The summed E-state index contributed by atoms with van der Waals surface area (Å²) >= 11 is 0. The molecule has 1 amide bonds. The van der Waals surface area contributed by atoms with E-state index in [0.717, 1.165) is 44.5 Å². The minimum atomic E-state index is 0.216. The third-order valence-corrected chi connectivity index (χ3v) is 5.47. The minimum absolute atomic E-state index is 0.216. The quantitative estimate of drug-likeness (QED) is 0.889. The van der Waals surface area contributed by atoms with Crippen molar-refractivity contribution in [3.8, 4) is 0 Å². The molecule has 0 bridgehead atoms. The van der Waals surface area contributed by atoms with Crippen LogP contribution in [-0.4, -0.2) is 19.0 Å². The average Bonchev–Trinajstić information content (AvgIpc) is 3.21. The Bertz CT molecular complexity index is 502. The molecule has 2 atom stereocenters. The first-order chi connectivity index (χ1) is 10.1. The van der Waals surface area contributed by atoms with Gasteiger partial charge in [0, 0.05) is 11.6 Å². The van der Waals surface area contributed by atoms with Gasteiger partial charge in [-0.3, -0.25) is 4.79 Å². The van der Waals surface area contributed by atoms with E-state index in [0.29, 0.717) is 11.3 Å². The number of nitrogens with one attached hydrogen (secondary N) is 2. The van der Waals surface area contributed by atoms with Crippen molar-refractivity contribution < 1.29 is 4.79 Å². The molecule has 1 aliphatic carbocycles. The fraction of sp³-hybridized carbons (Fsp3) is 0.611. The highest BCUT2D eigenvalue weighted by Gasteiger charge is 2.57. The number of anilines is 1. The molecule has 1 aromatic rings. The number of hydrogen-bond acceptors (Lipinski definition) is 2. The van der Waals surface area contributed by atoms with Crippen LogP contribution in [0.5, 0.6) is 0 Å². The number of carbonyl (C=O) groups is 1. The average molecular weight is 286 g/mol. The SMILES string of the molecule is CCC(C)c1ccc(NC(=O)C2CC23CCNCC3)cc1. The zero-order valence-electron chi connectivity index (χ0n) is 13.1. The summed E-state index contributed by atoms with van der Waals surface area (Å²) in [5, 5.41) is 6.48. The van der Waals surface area contributed by atoms with Crippen molar-refractivity contribution in [2.75, 3.05) is 18.4 Å². The Balaban J connectivity index is 1.58. The summed E-state index contributed by atoms with van der Waals surface area (Å²) < 4.78 is 0. The van der Waals surface area contributed by atoms with E-state index in [2.05, 4.69) is 36.6 Å². The number of amides is 1. The van der Waals surface area contributed by atoms with Gasteiger partial charge < -0.3 is 10.6 Å². The van der Waals surface area contributed by atoms with Gasteiger partial charge in [-0.15, -0.1) is 0 Å². The lowest BCUT2D eigenvalue weighted by atomic mass is 9.91. The van der Waals surface area contributed by atoms with Crippen LogP contribution in [0, 0.1) is 11.3 Å². The van der Waals surface area contributed by atoms with Gasteiger partial charge in [0.25, 0.3) is 0 Å². The summed E-state index contributed by atoms with van der Waals surface area (Å²) in [5.74, 6) is 1.03. The van der Waals surface area contributed by atoms with Crippen LogP contribution in [0.3, 0.4) is 0 Å². The summed E-state index contributed by atoms with van der Waals surface area (Å²) in [6.45, 7) is 6.56. The molecule has 114 valence electrons. The number of carbonyl (C=O) groups excluding carboxylic acids is 1. The predicted octanol–water partition coefficient (Wildman–Crippen LogP) is 3.53. The highest BCUT2D eigenvalue weighted by atomic mass is 16.2. The number of hydrogen-bond donors (Lipinski definition) is 2. The van der Waals surface area contributed by atoms with Crippen molar-refractivity contribution in [1.29, 1.82) is 0 Å². The topological polar surface area (TPSA) is 41.1 Å². The highest BCUT2D eigenvalue weighted by molar-refractivity contribution is 5.95. The Hall–Kier alpha value is -1.35. The molecule has 1 heterocycles.